The fourth-order valence-corrected chi connectivity index (χ4v) is 2.76. The Labute approximate surface area is 121 Å². The Hall–Kier alpha value is -1.36. The Morgan fingerprint density at radius 3 is 2.95 bits per heavy atom. The molecular formula is C15H26N4O. The molecule has 1 fully saturated rings. The van der Waals surface area contributed by atoms with Crippen molar-refractivity contribution in [1.82, 2.24) is 9.97 Å². The predicted octanol–water partition coefficient (Wildman–Crippen LogP) is 2.58. The smallest absolute Gasteiger partial charge is 0.137 e. The van der Waals surface area contributed by atoms with Gasteiger partial charge in [-0.2, -0.15) is 0 Å². The molecule has 1 aliphatic heterocycles. The summed E-state index contributed by atoms with van der Waals surface area (Å²) in [5.74, 6) is 1.90. The van der Waals surface area contributed by atoms with Gasteiger partial charge >= 0.3 is 0 Å². The Balaban J connectivity index is 2.16. The van der Waals surface area contributed by atoms with E-state index in [2.05, 4.69) is 35.6 Å². The summed E-state index contributed by atoms with van der Waals surface area (Å²) in [4.78, 5) is 10.9. The van der Waals surface area contributed by atoms with E-state index in [0.717, 1.165) is 50.3 Å². The average molecular weight is 278 g/mol. The van der Waals surface area contributed by atoms with E-state index in [0.29, 0.717) is 17.8 Å². The van der Waals surface area contributed by atoms with Crippen molar-refractivity contribution in [3.8, 4) is 0 Å². The summed E-state index contributed by atoms with van der Waals surface area (Å²) < 4.78 is 5.90. The minimum atomic E-state index is 0.305. The molecule has 0 bridgehead atoms. The zero-order valence-electron chi connectivity index (χ0n) is 12.8. The van der Waals surface area contributed by atoms with Gasteiger partial charge in [0, 0.05) is 25.3 Å². The molecule has 1 aromatic heterocycles. The maximum absolute atomic E-state index is 6.03. The Morgan fingerprint density at radius 2 is 2.25 bits per heavy atom. The fourth-order valence-electron chi connectivity index (χ4n) is 2.76. The molecule has 2 N–H and O–H groups in total. The number of nitrogens with zero attached hydrogens (tertiary/aromatic N) is 3. The molecule has 1 atom stereocenters. The van der Waals surface area contributed by atoms with Crippen molar-refractivity contribution in [2.24, 2.45) is 0 Å². The zero-order chi connectivity index (χ0) is 14.5. The summed E-state index contributed by atoms with van der Waals surface area (Å²) in [5, 5.41) is 0. The van der Waals surface area contributed by atoms with E-state index in [-0.39, 0.29) is 0 Å². The van der Waals surface area contributed by atoms with Gasteiger partial charge < -0.3 is 15.4 Å². The SMILES string of the molecule is CCCOC1CCCN(c2ncnc(N)c2C(C)C)C1. The van der Waals surface area contributed by atoms with Gasteiger partial charge in [-0.05, 0) is 25.2 Å². The number of anilines is 2. The molecule has 1 saturated heterocycles. The van der Waals surface area contributed by atoms with Crippen molar-refractivity contribution in [1.29, 1.82) is 0 Å². The standard InChI is InChI=1S/C15H26N4O/c1-4-8-20-12-6-5-7-19(9-12)15-13(11(2)3)14(16)17-10-18-15/h10-12H,4-9H2,1-3H3,(H2,16,17,18). The van der Waals surface area contributed by atoms with Crippen LogP contribution in [0, 0.1) is 0 Å². The number of ether oxygens (including phenoxy) is 1. The summed E-state index contributed by atoms with van der Waals surface area (Å²) >= 11 is 0. The zero-order valence-corrected chi connectivity index (χ0v) is 12.8. The highest BCUT2D eigenvalue weighted by molar-refractivity contribution is 5.58. The van der Waals surface area contributed by atoms with Crippen LogP contribution in [0.25, 0.3) is 0 Å². The molecule has 0 saturated carbocycles. The molecule has 20 heavy (non-hydrogen) atoms. The van der Waals surface area contributed by atoms with Gasteiger partial charge in [0.05, 0.1) is 6.10 Å². The maximum atomic E-state index is 6.03. The number of hydrogen-bond acceptors (Lipinski definition) is 5. The summed E-state index contributed by atoms with van der Waals surface area (Å²) in [6, 6.07) is 0. The molecular weight excluding hydrogens is 252 g/mol. The van der Waals surface area contributed by atoms with Crippen LogP contribution in [0.3, 0.4) is 0 Å². The van der Waals surface area contributed by atoms with E-state index < -0.39 is 0 Å². The van der Waals surface area contributed by atoms with Gasteiger partial charge in [0.2, 0.25) is 0 Å². The van der Waals surface area contributed by atoms with Crippen LogP contribution in [0.15, 0.2) is 6.33 Å². The minimum Gasteiger partial charge on any atom is -0.383 e. The molecule has 0 aliphatic carbocycles. The van der Waals surface area contributed by atoms with Gasteiger partial charge in [0.1, 0.15) is 18.0 Å². The van der Waals surface area contributed by atoms with Crippen molar-refractivity contribution < 1.29 is 4.74 Å². The molecule has 0 radical (unpaired) electrons. The van der Waals surface area contributed by atoms with E-state index >= 15 is 0 Å². The van der Waals surface area contributed by atoms with Crippen LogP contribution in [0.5, 0.6) is 0 Å². The Bertz CT molecular complexity index is 436. The molecule has 1 aliphatic rings. The molecule has 5 nitrogen and oxygen atoms in total. The number of hydrogen-bond donors (Lipinski definition) is 1. The Morgan fingerprint density at radius 1 is 1.45 bits per heavy atom. The predicted molar refractivity (Wildman–Crippen MR) is 82.0 cm³/mol. The fraction of sp³-hybridized carbons (Fsp3) is 0.733. The molecule has 0 aromatic carbocycles. The number of aromatic nitrogens is 2. The van der Waals surface area contributed by atoms with Gasteiger partial charge in [0.25, 0.3) is 0 Å². The molecule has 2 heterocycles. The molecule has 5 heteroatoms. The van der Waals surface area contributed by atoms with Crippen molar-refractivity contribution in [2.45, 2.75) is 52.1 Å². The van der Waals surface area contributed by atoms with E-state index in [1.807, 2.05) is 0 Å². The first-order chi connectivity index (χ1) is 9.63. The van der Waals surface area contributed by atoms with Crippen LogP contribution in [0.4, 0.5) is 11.6 Å². The Kier molecular flexibility index (Phi) is 5.17. The highest BCUT2D eigenvalue weighted by Gasteiger charge is 2.25. The highest BCUT2D eigenvalue weighted by Crippen LogP contribution is 2.31. The third-order valence-corrected chi connectivity index (χ3v) is 3.71. The van der Waals surface area contributed by atoms with Crippen LogP contribution in [-0.2, 0) is 4.74 Å². The first kappa shape index (κ1) is 15.0. The van der Waals surface area contributed by atoms with E-state index in [4.69, 9.17) is 10.5 Å². The van der Waals surface area contributed by atoms with Crippen molar-refractivity contribution >= 4 is 11.6 Å². The van der Waals surface area contributed by atoms with Gasteiger partial charge in [-0.25, -0.2) is 9.97 Å². The lowest BCUT2D eigenvalue weighted by molar-refractivity contribution is 0.0439. The van der Waals surface area contributed by atoms with Crippen LogP contribution < -0.4 is 10.6 Å². The van der Waals surface area contributed by atoms with Gasteiger partial charge in [-0.1, -0.05) is 20.8 Å². The number of piperidine rings is 1. The van der Waals surface area contributed by atoms with Crippen LogP contribution >= 0.6 is 0 Å². The first-order valence-electron chi connectivity index (χ1n) is 7.60. The normalized spacial score (nSPS) is 19.6. The lowest BCUT2D eigenvalue weighted by Gasteiger charge is -2.35. The van der Waals surface area contributed by atoms with Crippen molar-refractivity contribution in [3.63, 3.8) is 0 Å². The third-order valence-electron chi connectivity index (χ3n) is 3.71. The summed E-state index contributed by atoms with van der Waals surface area (Å²) in [5.41, 5.74) is 7.09. The summed E-state index contributed by atoms with van der Waals surface area (Å²) in [6.07, 6.45) is 5.20. The minimum absolute atomic E-state index is 0.305. The second-order valence-corrected chi connectivity index (χ2v) is 5.73. The van der Waals surface area contributed by atoms with Gasteiger partial charge in [-0.15, -0.1) is 0 Å². The molecule has 0 spiro atoms. The lowest BCUT2D eigenvalue weighted by atomic mass is 10.0. The first-order valence-corrected chi connectivity index (χ1v) is 7.60. The van der Waals surface area contributed by atoms with E-state index in [1.54, 1.807) is 6.33 Å². The van der Waals surface area contributed by atoms with Crippen LogP contribution in [0.2, 0.25) is 0 Å². The second-order valence-electron chi connectivity index (χ2n) is 5.73. The number of nitrogen functional groups attached to an aromatic ring is 1. The summed E-state index contributed by atoms with van der Waals surface area (Å²) in [6.45, 7) is 9.16. The second kappa shape index (κ2) is 6.88. The largest absolute Gasteiger partial charge is 0.383 e. The summed E-state index contributed by atoms with van der Waals surface area (Å²) in [7, 11) is 0. The topological polar surface area (TPSA) is 64.3 Å². The van der Waals surface area contributed by atoms with Gasteiger partial charge in [0.15, 0.2) is 0 Å². The quantitative estimate of drug-likeness (QED) is 0.896. The molecule has 1 unspecified atom stereocenters. The van der Waals surface area contributed by atoms with Gasteiger partial charge in [-0.3, -0.25) is 0 Å². The van der Waals surface area contributed by atoms with Crippen molar-refractivity contribution in [3.05, 3.63) is 11.9 Å². The van der Waals surface area contributed by atoms with E-state index in [1.165, 1.54) is 0 Å². The average Bonchev–Trinajstić information content (AvgIpc) is 2.44. The van der Waals surface area contributed by atoms with Crippen LogP contribution in [0.1, 0.15) is 51.5 Å². The third kappa shape index (κ3) is 3.39. The molecule has 0 amide bonds. The van der Waals surface area contributed by atoms with E-state index in [9.17, 15) is 0 Å². The highest BCUT2D eigenvalue weighted by atomic mass is 16.5. The van der Waals surface area contributed by atoms with Crippen molar-refractivity contribution in [2.75, 3.05) is 30.3 Å². The molecule has 1 aromatic rings. The lowest BCUT2D eigenvalue weighted by Crippen LogP contribution is -2.41. The molecule has 2 rings (SSSR count). The molecule has 112 valence electrons. The van der Waals surface area contributed by atoms with Crippen LogP contribution in [-0.4, -0.2) is 35.8 Å². The monoisotopic (exact) mass is 278 g/mol. The number of rotatable bonds is 5. The maximum Gasteiger partial charge on any atom is 0.137 e. The number of nitrogens with two attached hydrogens (primary N) is 1.